The fraction of sp³-hybridized carbons (Fsp3) is 0.312. The average molecular weight is 374 g/mol. The summed E-state index contributed by atoms with van der Waals surface area (Å²) in [4.78, 5) is 19.0. The monoisotopic (exact) mass is 374 g/mol. The number of fused-ring (bicyclic) bond motifs is 1. The molecule has 0 saturated heterocycles. The summed E-state index contributed by atoms with van der Waals surface area (Å²) >= 11 is 0. The van der Waals surface area contributed by atoms with Gasteiger partial charge in [-0.3, -0.25) is 4.57 Å². The molecule has 0 amide bonds. The van der Waals surface area contributed by atoms with E-state index in [4.69, 9.17) is 0 Å². The van der Waals surface area contributed by atoms with E-state index in [0.29, 0.717) is 18.8 Å². The van der Waals surface area contributed by atoms with Gasteiger partial charge in [0.05, 0.1) is 19.1 Å². The number of aromatic amines is 1. The van der Waals surface area contributed by atoms with Crippen LogP contribution in [0.5, 0.6) is 0 Å². The number of hydrogen-bond donors (Lipinski definition) is 1. The second-order valence-electron chi connectivity index (χ2n) is 6.06. The highest BCUT2D eigenvalue weighted by atomic mass is 32.2. The molecule has 0 fully saturated rings. The van der Waals surface area contributed by atoms with Crippen molar-refractivity contribution in [3.63, 3.8) is 0 Å². The molecular formula is C16H18N6O3S. The van der Waals surface area contributed by atoms with E-state index in [2.05, 4.69) is 15.1 Å². The third kappa shape index (κ3) is 2.97. The van der Waals surface area contributed by atoms with Gasteiger partial charge in [0.25, 0.3) is 10.0 Å². The summed E-state index contributed by atoms with van der Waals surface area (Å²) in [5.41, 5.74) is 0.774. The Hall–Kier alpha value is -2.72. The van der Waals surface area contributed by atoms with Gasteiger partial charge in [-0.25, -0.2) is 22.9 Å². The molecule has 136 valence electrons. The van der Waals surface area contributed by atoms with Crippen molar-refractivity contribution in [3.05, 3.63) is 64.7 Å². The summed E-state index contributed by atoms with van der Waals surface area (Å²) in [5, 5.41) is 4.46. The van der Waals surface area contributed by atoms with E-state index >= 15 is 0 Å². The molecule has 10 heteroatoms. The van der Waals surface area contributed by atoms with E-state index in [1.807, 2.05) is 30.3 Å². The standard InChI is InChI=1S/C16H18N6O3S/c23-16-21-9-8-20(26(24,25)15-10-17-12-18-15)7-6-14(21)19-22(16)11-13-4-2-1-3-5-13/h1-5,10,12H,6-9,11H2,(H,17,18). The molecular weight excluding hydrogens is 356 g/mol. The summed E-state index contributed by atoms with van der Waals surface area (Å²) in [6.45, 7) is 1.15. The molecule has 1 N–H and O–H groups in total. The molecule has 0 aliphatic carbocycles. The second kappa shape index (κ2) is 6.54. The molecule has 26 heavy (non-hydrogen) atoms. The van der Waals surface area contributed by atoms with Gasteiger partial charge < -0.3 is 4.98 Å². The summed E-state index contributed by atoms with van der Waals surface area (Å²) in [6, 6.07) is 9.63. The minimum atomic E-state index is -3.64. The minimum absolute atomic E-state index is 0.0542. The zero-order valence-electron chi connectivity index (χ0n) is 13.9. The van der Waals surface area contributed by atoms with Crippen molar-refractivity contribution >= 4 is 10.0 Å². The maximum Gasteiger partial charge on any atom is 0.346 e. The number of imidazole rings is 1. The molecule has 3 aromatic rings. The number of nitrogens with zero attached hydrogens (tertiary/aromatic N) is 5. The molecule has 0 spiro atoms. The van der Waals surface area contributed by atoms with Crippen LogP contribution in [0, 0.1) is 0 Å². The van der Waals surface area contributed by atoms with Crippen molar-refractivity contribution in [1.82, 2.24) is 28.6 Å². The van der Waals surface area contributed by atoms with Crippen LogP contribution in [0.25, 0.3) is 0 Å². The molecule has 0 atom stereocenters. The van der Waals surface area contributed by atoms with Crippen molar-refractivity contribution in [2.75, 3.05) is 13.1 Å². The van der Waals surface area contributed by atoms with Crippen molar-refractivity contribution in [3.8, 4) is 0 Å². The van der Waals surface area contributed by atoms with Crippen LogP contribution in [0.2, 0.25) is 0 Å². The first kappa shape index (κ1) is 16.7. The molecule has 0 bridgehead atoms. The first-order valence-electron chi connectivity index (χ1n) is 8.25. The van der Waals surface area contributed by atoms with Gasteiger partial charge in [0.1, 0.15) is 5.82 Å². The van der Waals surface area contributed by atoms with Gasteiger partial charge in [-0.2, -0.15) is 9.40 Å². The Bertz CT molecular complexity index is 1050. The van der Waals surface area contributed by atoms with Gasteiger partial charge in [0, 0.05) is 26.1 Å². The molecule has 3 heterocycles. The SMILES string of the molecule is O=c1n(Cc2ccccc2)nc2n1CCN(S(=O)(=O)c1cnc[nH]1)CC2. The zero-order valence-corrected chi connectivity index (χ0v) is 14.8. The Labute approximate surface area is 150 Å². The molecule has 1 aromatic carbocycles. The predicted molar refractivity (Wildman–Crippen MR) is 93.1 cm³/mol. The predicted octanol–water partition coefficient (Wildman–Crippen LogP) is 0.0632. The number of rotatable bonds is 4. The van der Waals surface area contributed by atoms with E-state index in [9.17, 15) is 13.2 Å². The van der Waals surface area contributed by atoms with Crippen molar-refractivity contribution in [1.29, 1.82) is 0 Å². The summed E-state index contributed by atoms with van der Waals surface area (Å²) in [6.07, 6.45) is 2.99. The quantitative estimate of drug-likeness (QED) is 0.695. The highest BCUT2D eigenvalue weighted by molar-refractivity contribution is 7.89. The van der Waals surface area contributed by atoms with Crippen molar-refractivity contribution < 1.29 is 8.42 Å². The first-order valence-corrected chi connectivity index (χ1v) is 9.69. The average Bonchev–Trinajstić information content (AvgIpc) is 3.21. The van der Waals surface area contributed by atoms with Crippen molar-refractivity contribution in [2.24, 2.45) is 0 Å². The first-order chi connectivity index (χ1) is 12.6. The van der Waals surface area contributed by atoms with Crippen LogP contribution in [0.15, 0.2) is 52.7 Å². The van der Waals surface area contributed by atoms with Crippen LogP contribution in [-0.2, 0) is 29.5 Å². The highest BCUT2D eigenvalue weighted by Gasteiger charge is 2.29. The van der Waals surface area contributed by atoms with E-state index < -0.39 is 10.0 Å². The van der Waals surface area contributed by atoms with Crippen LogP contribution < -0.4 is 5.69 Å². The molecule has 4 rings (SSSR count). The van der Waals surface area contributed by atoms with Gasteiger partial charge in [-0.05, 0) is 5.56 Å². The molecule has 1 aliphatic rings. The summed E-state index contributed by atoms with van der Waals surface area (Å²) in [5.74, 6) is 0.605. The number of sulfonamides is 1. The number of hydrogen-bond acceptors (Lipinski definition) is 5. The van der Waals surface area contributed by atoms with E-state index in [1.165, 1.54) is 21.5 Å². The van der Waals surface area contributed by atoms with Gasteiger partial charge in [0.2, 0.25) is 0 Å². The fourth-order valence-electron chi connectivity index (χ4n) is 3.07. The van der Waals surface area contributed by atoms with Gasteiger partial charge >= 0.3 is 5.69 Å². The third-order valence-electron chi connectivity index (χ3n) is 4.42. The Morgan fingerprint density at radius 2 is 1.92 bits per heavy atom. The molecule has 1 aliphatic heterocycles. The largest absolute Gasteiger partial charge is 0.346 e. The number of nitrogens with one attached hydrogen (secondary N) is 1. The Morgan fingerprint density at radius 3 is 2.65 bits per heavy atom. The Kier molecular flexibility index (Phi) is 4.21. The summed E-state index contributed by atoms with van der Waals surface area (Å²) < 4.78 is 29.6. The second-order valence-corrected chi connectivity index (χ2v) is 7.97. The van der Waals surface area contributed by atoms with E-state index in [0.717, 1.165) is 5.56 Å². The zero-order chi connectivity index (χ0) is 18.1. The smallest absolute Gasteiger partial charge is 0.335 e. The van der Waals surface area contributed by atoms with Crippen molar-refractivity contribution in [2.45, 2.75) is 24.5 Å². The lowest BCUT2D eigenvalue weighted by atomic mass is 10.2. The van der Waals surface area contributed by atoms with Gasteiger partial charge in [-0.1, -0.05) is 30.3 Å². The van der Waals surface area contributed by atoms with Crippen LogP contribution in [-0.4, -0.2) is 50.1 Å². The topological polar surface area (TPSA) is 106 Å². The Balaban J connectivity index is 1.56. The lowest BCUT2D eigenvalue weighted by Gasteiger charge is -2.18. The lowest BCUT2D eigenvalue weighted by Crippen LogP contribution is -2.35. The fourth-order valence-corrected chi connectivity index (χ4v) is 4.39. The van der Waals surface area contributed by atoms with Crippen LogP contribution in [0.4, 0.5) is 0 Å². The molecule has 2 aromatic heterocycles. The van der Waals surface area contributed by atoms with Gasteiger partial charge in [0.15, 0.2) is 5.03 Å². The number of H-pyrrole nitrogens is 1. The van der Waals surface area contributed by atoms with Crippen LogP contribution >= 0.6 is 0 Å². The maximum atomic E-state index is 12.6. The molecule has 0 saturated carbocycles. The van der Waals surface area contributed by atoms with E-state index in [-0.39, 0.29) is 30.3 Å². The third-order valence-corrected chi connectivity index (χ3v) is 6.25. The van der Waals surface area contributed by atoms with Gasteiger partial charge in [-0.15, -0.1) is 0 Å². The highest BCUT2D eigenvalue weighted by Crippen LogP contribution is 2.15. The number of benzene rings is 1. The normalized spacial score (nSPS) is 15.5. The minimum Gasteiger partial charge on any atom is -0.335 e. The Morgan fingerprint density at radius 1 is 1.12 bits per heavy atom. The summed E-state index contributed by atoms with van der Waals surface area (Å²) in [7, 11) is -3.64. The number of aromatic nitrogens is 5. The van der Waals surface area contributed by atoms with Crippen LogP contribution in [0.1, 0.15) is 11.4 Å². The molecule has 0 unspecified atom stereocenters. The molecule has 0 radical (unpaired) electrons. The van der Waals surface area contributed by atoms with E-state index in [1.54, 1.807) is 4.57 Å². The molecule has 9 nitrogen and oxygen atoms in total. The lowest BCUT2D eigenvalue weighted by molar-refractivity contribution is 0.409. The maximum absolute atomic E-state index is 12.6. The van der Waals surface area contributed by atoms with Crippen LogP contribution in [0.3, 0.4) is 0 Å².